The lowest BCUT2D eigenvalue weighted by Gasteiger charge is -2.16. The van der Waals surface area contributed by atoms with Crippen LogP contribution in [0.4, 0.5) is 15.8 Å². The van der Waals surface area contributed by atoms with E-state index in [4.69, 9.17) is 32.0 Å². The second-order valence-electron chi connectivity index (χ2n) is 7.14. The van der Waals surface area contributed by atoms with E-state index >= 15 is 0 Å². The monoisotopic (exact) mass is 524 g/mol. The Hall–Kier alpha value is -4.87. The summed E-state index contributed by atoms with van der Waals surface area (Å²) in [5, 5.41) is 11.0. The van der Waals surface area contributed by atoms with Gasteiger partial charge in [0.25, 0.3) is 11.8 Å². The van der Waals surface area contributed by atoms with E-state index in [2.05, 4.69) is 26.0 Å². The number of nitrogens with zero attached hydrogens (tertiary/aromatic N) is 3. The first-order valence-electron chi connectivity index (χ1n) is 10.5. The van der Waals surface area contributed by atoms with Gasteiger partial charge in [-0.05, 0) is 60.2 Å². The third kappa shape index (κ3) is 7.07. The predicted molar refractivity (Wildman–Crippen MR) is 139 cm³/mol. The third-order valence-electron chi connectivity index (χ3n) is 4.79. The van der Waals surface area contributed by atoms with Crippen LogP contribution in [0, 0.1) is 5.82 Å². The van der Waals surface area contributed by atoms with Crippen molar-refractivity contribution in [1.82, 2.24) is 5.32 Å². The van der Waals surface area contributed by atoms with Crippen molar-refractivity contribution in [2.24, 2.45) is 5.11 Å². The SMILES string of the molecule is COc1cc(C(=O)NC(=S)Nc2ccc(F)c(NC(=O)c3ccccc3)c2)cc(OC)c1OCN=[N+]=[N-]. The summed E-state index contributed by atoms with van der Waals surface area (Å²) in [5.41, 5.74) is 9.17. The molecule has 3 N–H and O–H groups in total. The molecule has 0 bridgehead atoms. The van der Waals surface area contributed by atoms with Gasteiger partial charge in [-0.25, -0.2) is 4.39 Å². The van der Waals surface area contributed by atoms with Crippen LogP contribution >= 0.6 is 12.2 Å². The standard InChI is InChI=1S/C24H21FN6O5S/c1-34-19-10-15(11-20(35-2)21(19)36-13-27-31-26)23(33)30-24(37)28-16-8-9-17(25)18(12-16)29-22(32)14-6-4-3-5-7-14/h3-12H,13H2,1-2H3,(H,29,32)(H2,28,30,33,37). The van der Waals surface area contributed by atoms with Crippen LogP contribution in [0.2, 0.25) is 0 Å². The van der Waals surface area contributed by atoms with Gasteiger partial charge in [0.2, 0.25) is 5.75 Å². The number of thiocarbonyl (C=S) groups is 1. The van der Waals surface area contributed by atoms with E-state index in [0.29, 0.717) is 11.3 Å². The first-order valence-corrected chi connectivity index (χ1v) is 10.9. The maximum absolute atomic E-state index is 14.3. The Morgan fingerprint density at radius 2 is 1.65 bits per heavy atom. The van der Waals surface area contributed by atoms with Crippen LogP contribution in [-0.2, 0) is 0 Å². The topological polar surface area (TPSA) is 147 Å². The van der Waals surface area contributed by atoms with Gasteiger partial charge in [-0.2, -0.15) is 0 Å². The molecule has 0 saturated carbocycles. The number of benzene rings is 3. The number of ether oxygens (including phenoxy) is 3. The fraction of sp³-hybridized carbons (Fsp3) is 0.125. The van der Waals surface area contributed by atoms with Gasteiger partial charge in [-0.3, -0.25) is 14.9 Å². The van der Waals surface area contributed by atoms with E-state index in [1.54, 1.807) is 30.3 Å². The lowest BCUT2D eigenvalue weighted by atomic mass is 10.1. The summed E-state index contributed by atoms with van der Waals surface area (Å²) in [5.74, 6) is -1.27. The first kappa shape index (κ1) is 26.7. The van der Waals surface area contributed by atoms with E-state index in [0.717, 1.165) is 6.07 Å². The Morgan fingerprint density at radius 3 is 2.27 bits per heavy atom. The predicted octanol–water partition coefficient (Wildman–Crippen LogP) is 4.87. The van der Waals surface area contributed by atoms with E-state index in [1.165, 1.54) is 38.5 Å². The molecule has 0 fully saturated rings. The molecule has 37 heavy (non-hydrogen) atoms. The molecule has 13 heteroatoms. The number of amides is 2. The second-order valence-corrected chi connectivity index (χ2v) is 7.55. The molecule has 3 aromatic rings. The zero-order chi connectivity index (χ0) is 26.8. The Labute approximate surface area is 216 Å². The lowest BCUT2D eigenvalue weighted by Crippen LogP contribution is -2.34. The molecule has 0 aromatic heterocycles. The number of carbonyl (C=O) groups excluding carboxylic acids is 2. The molecule has 0 saturated heterocycles. The zero-order valence-electron chi connectivity index (χ0n) is 19.6. The van der Waals surface area contributed by atoms with Crippen LogP contribution in [-0.4, -0.2) is 37.9 Å². The van der Waals surface area contributed by atoms with Crippen LogP contribution in [0.3, 0.4) is 0 Å². The number of rotatable bonds is 9. The van der Waals surface area contributed by atoms with Gasteiger partial charge < -0.3 is 24.8 Å². The molecule has 11 nitrogen and oxygen atoms in total. The van der Waals surface area contributed by atoms with Crippen molar-refractivity contribution in [3.63, 3.8) is 0 Å². The summed E-state index contributed by atoms with van der Waals surface area (Å²) >= 11 is 5.21. The van der Waals surface area contributed by atoms with Crippen LogP contribution < -0.4 is 30.2 Å². The van der Waals surface area contributed by atoms with Gasteiger partial charge in [0.15, 0.2) is 23.3 Å². The van der Waals surface area contributed by atoms with Crippen LogP contribution in [0.25, 0.3) is 10.4 Å². The molecule has 0 aliphatic rings. The first-order chi connectivity index (χ1) is 17.9. The molecule has 2 amide bonds. The lowest BCUT2D eigenvalue weighted by molar-refractivity contribution is 0.0975. The van der Waals surface area contributed by atoms with E-state index in [1.807, 2.05) is 0 Å². The highest BCUT2D eigenvalue weighted by atomic mass is 32.1. The largest absolute Gasteiger partial charge is 0.493 e. The smallest absolute Gasteiger partial charge is 0.257 e. The van der Waals surface area contributed by atoms with E-state index in [9.17, 15) is 14.0 Å². The molecule has 0 aliphatic heterocycles. The van der Waals surface area contributed by atoms with Gasteiger partial charge in [0.1, 0.15) is 5.82 Å². The quantitative estimate of drug-likeness (QED) is 0.157. The van der Waals surface area contributed by atoms with Gasteiger partial charge in [0.05, 0.1) is 19.9 Å². The molecule has 3 aromatic carbocycles. The fourth-order valence-corrected chi connectivity index (χ4v) is 3.30. The van der Waals surface area contributed by atoms with Gasteiger partial charge in [-0.1, -0.05) is 23.3 Å². The number of carbonyl (C=O) groups is 2. The Bertz CT molecular complexity index is 1340. The number of hydrogen-bond acceptors (Lipinski definition) is 7. The molecule has 0 heterocycles. The molecular weight excluding hydrogens is 503 g/mol. The number of halogens is 1. The van der Waals surface area contributed by atoms with Crippen molar-refractivity contribution in [1.29, 1.82) is 0 Å². The maximum Gasteiger partial charge on any atom is 0.257 e. The van der Waals surface area contributed by atoms with Gasteiger partial charge >= 0.3 is 0 Å². The van der Waals surface area contributed by atoms with Gasteiger partial charge in [-0.15, -0.1) is 0 Å². The van der Waals surface area contributed by atoms with Crippen LogP contribution in [0.5, 0.6) is 17.2 Å². The molecule has 0 spiro atoms. The Balaban J connectivity index is 1.71. The Morgan fingerprint density at radius 1 is 0.973 bits per heavy atom. The fourth-order valence-electron chi connectivity index (χ4n) is 3.09. The second kappa shape index (κ2) is 12.7. The molecule has 3 rings (SSSR count). The summed E-state index contributed by atoms with van der Waals surface area (Å²) in [4.78, 5) is 27.8. The summed E-state index contributed by atoms with van der Waals surface area (Å²) < 4.78 is 30.2. The minimum absolute atomic E-state index is 0.0706. The summed E-state index contributed by atoms with van der Waals surface area (Å²) in [6, 6.07) is 15.0. The summed E-state index contributed by atoms with van der Waals surface area (Å²) in [6.45, 7) is -0.311. The van der Waals surface area contributed by atoms with E-state index in [-0.39, 0.29) is 40.3 Å². The average Bonchev–Trinajstić information content (AvgIpc) is 2.90. The highest BCUT2D eigenvalue weighted by Gasteiger charge is 2.19. The zero-order valence-corrected chi connectivity index (χ0v) is 20.5. The van der Waals surface area contributed by atoms with Crippen molar-refractivity contribution in [3.05, 3.63) is 88.1 Å². The highest BCUT2D eigenvalue weighted by molar-refractivity contribution is 7.80. The number of hydrogen-bond donors (Lipinski definition) is 3. The third-order valence-corrected chi connectivity index (χ3v) is 4.99. The normalized spacial score (nSPS) is 9.92. The molecule has 0 aliphatic carbocycles. The Kier molecular flexibility index (Phi) is 9.19. The molecule has 0 atom stereocenters. The van der Waals surface area contributed by atoms with E-state index < -0.39 is 17.6 Å². The summed E-state index contributed by atoms with van der Waals surface area (Å²) in [6.07, 6.45) is 0. The molecule has 0 unspecified atom stereocenters. The molecule has 0 radical (unpaired) electrons. The minimum Gasteiger partial charge on any atom is -0.493 e. The van der Waals surface area contributed by atoms with Crippen molar-refractivity contribution in [2.75, 3.05) is 31.6 Å². The van der Waals surface area contributed by atoms with Gasteiger partial charge in [0, 0.05) is 21.7 Å². The summed E-state index contributed by atoms with van der Waals surface area (Å²) in [7, 11) is 2.73. The van der Waals surface area contributed by atoms with Crippen molar-refractivity contribution in [2.45, 2.75) is 0 Å². The van der Waals surface area contributed by atoms with Crippen LogP contribution in [0.1, 0.15) is 20.7 Å². The minimum atomic E-state index is -0.647. The molecular formula is C24H21FN6O5S. The maximum atomic E-state index is 14.3. The highest BCUT2D eigenvalue weighted by Crippen LogP contribution is 2.38. The van der Waals surface area contributed by atoms with Crippen molar-refractivity contribution < 1.29 is 28.2 Å². The number of nitrogens with one attached hydrogen (secondary N) is 3. The number of methoxy groups -OCH3 is 2. The average molecular weight is 525 g/mol. The van der Waals surface area contributed by atoms with Crippen LogP contribution in [0.15, 0.2) is 65.8 Å². The van der Waals surface area contributed by atoms with Crippen molar-refractivity contribution >= 4 is 40.5 Å². The number of anilines is 2. The van der Waals surface area contributed by atoms with Crippen molar-refractivity contribution in [3.8, 4) is 17.2 Å². The molecule has 190 valence electrons. The number of azide groups is 1.